The van der Waals surface area contributed by atoms with Crippen molar-refractivity contribution in [2.24, 2.45) is 0 Å². The third-order valence-corrected chi connectivity index (χ3v) is 6.14. The minimum Gasteiger partial charge on any atom is -0.495 e. The van der Waals surface area contributed by atoms with Crippen LogP contribution in [0.5, 0.6) is 5.75 Å². The third-order valence-electron chi connectivity index (χ3n) is 5.83. The SMILES string of the molecule is COc1cncc(-c2cc3cc(-c4ccc(N5CCC(OC)C5)nc4)[nH]c3cc2Cl)c1. The van der Waals surface area contributed by atoms with Gasteiger partial charge in [-0.1, -0.05) is 11.6 Å². The summed E-state index contributed by atoms with van der Waals surface area (Å²) in [7, 11) is 3.39. The molecule has 1 aliphatic rings. The van der Waals surface area contributed by atoms with Crippen LogP contribution in [-0.4, -0.2) is 48.4 Å². The molecule has 0 spiro atoms. The molecule has 0 aliphatic carbocycles. The molecule has 5 rings (SSSR count). The molecule has 4 aromatic rings. The van der Waals surface area contributed by atoms with E-state index in [-0.39, 0.29) is 6.10 Å². The Morgan fingerprint density at radius 2 is 1.97 bits per heavy atom. The van der Waals surface area contributed by atoms with Crippen LogP contribution in [0.25, 0.3) is 33.3 Å². The molecule has 0 amide bonds. The molecular formula is C24H23ClN4O2. The topological polar surface area (TPSA) is 63.3 Å². The van der Waals surface area contributed by atoms with Crippen LogP contribution in [0, 0.1) is 0 Å². The molecule has 1 atom stereocenters. The normalized spacial score (nSPS) is 16.2. The lowest BCUT2D eigenvalue weighted by Crippen LogP contribution is -2.22. The van der Waals surface area contributed by atoms with E-state index in [0.717, 1.165) is 58.6 Å². The number of anilines is 1. The molecule has 1 unspecified atom stereocenters. The van der Waals surface area contributed by atoms with Crippen LogP contribution in [-0.2, 0) is 4.74 Å². The van der Waals surface area contributed by atoms with Crippen LogP contribution in [0.4, 0.5) is 5.82 Å². The summed E-state index contributed by atoms with van der Waals surface area (Å²) in [5.74, 6) is 1.68. The van der Waals surface area contributed by atoms with Gasteiger partial charge in [0.25, 0.3) is 0 Å². The van der Waals surface area contributed by atoms with Crippen molar-refractivity contribution in [2.75, 3.05) is 32.2 Å². The van der Waals surface area contributed by atoms with Crippen LogP contribution >= 0.6 is 11.6 Å². The number of halogens is 1. The number of hydrogen-bond acceptors (Lipinski definition) is 5. The summed E-state index contributed by atoms with van der Waals surface area (Å²) in [6, 6.07) is 12.2. The van der Waals surface area contributed by atoms with Gasteiger partial charge in [0.1, 0.15) is 11.6 Å². The van der Waals surface area contributed by atoms with Crippen LogP contribution in [0.15, 0.2) is 55.0 Å². The second-order valence-corrected chi connectivity index (χ2v) is 8.12. The molecule has 4 heterocycles. The van der Waals surface area contributed by atoms with E-state index in [4.69, 9.17) is 21.1 Å². The summed E-state index contributed by atoms with van der Waals surface area (Å²) in [5.41, 5.74) is 4.85. The van der Waals surface area contributed by atoms with Crippen molar-refractivity contribution in [1.82, 2.24) is 15.0 Å². The Balaban J connectivity index is 1.45. The number of nitrogens with one attached hydrogen (secondary N) is 1. The zero-order chi connectivity index (χ0) is 21.4. The molecule has 0 saturated carbocycles. The summed E-state index contributed by atoms with van der Waals surface area (Å²) in [6.07, 6.45) is 6.70. The van der Waals surface area contributed by atoms with Gasteiger partial charge < -0.3 is 19.4 Å². The second-order valence-electron chi connectivity index (χ2n) is 7.71. The molecule has 158 valence electrons. The van der Waals surface area contributed by atoms with Crippen molar-refractivity contribution in [3.05, 3.63) is 60.0 Å². The largest absolute Gasteiger partial charge is 0.495 e. The highest BCUT2D eigenvalue weighted by molar-refractivity contribution is 6.34. The van der Waals surface area contributed by atoms with E-state index < -0.39 is 0 Å². The fourth-order valence-corrected chi connectivity index (χ4v) is 4.34. The van der Waals surface area contributed by atoms with Crippen molar-refractivity contribution in [3.8, 4) is 28.1 Å². The molecule has 0 bridgehead atoms. The highest BCUT2D eigenvalue weighted by atomic mass is 35.5. The minimum absolute atomic E-state index is 0.286. The Kier molecular flexibility index (Phi) is 5.26. The summed E-state index contributed by atoms with van der Waals surface area (Å²) < 4.78 is 10.8. The van der Waals surface area contributed by atoms with Crippen molar-refractivity contribution >= 4 is 28.3 Å². The zero-order valence-electron chi connectivity index (χ0n) is 17.4. The van der Waals surface area contributed by atoms with Crippen molar-refractivity contribution in [3.63, 3.8) is 0 Å². The second kappa shape index (κ2) is 8.21. The minimum atomic E-state index is 0.286. The Labute approximate surface area is 185 Å². The first kappa shape index (κ1) is 19.8. The fraction of sp³-hybridized carbons (Fsp3) is 0.250. The zero-order valence-corrected chi connectivity index (χ0v) is 18.2. The number of pyridine rings is 2. The van der Waals surface area contributed by atoms with Crippen LogP contribution in [0.1, 0.15) is 6.42 Å². The van der Waals surface area contributed by atoms with Gasteiger partial charge in [0.15, 0.2) is 0 Å². The Bertz CT molecular complexity index is 1220. The number of hydrogen-bond donors (Lipinski definition) is 1. The van der Waals surface area contributed by atoms with E-state index >= 15 is 0 Å². The molecule has 1 N–H and O–H groups in total. The highest BCUT2D eigenvalue weighted by Crippen LogP contribution is 2.35. The van der Waals surface area contributed by atoms with Gasteiger partial charge in [0.05, 0.1) is 24.4 Å². The molecule has 7 heteroatoms. The van der Waals surface area contributed by atoms with Crippen LogP contribution in [0.2, 0.25) is 5.02 Å². The number of benzene rings is 1. The van der Waals surface area contributed by atoms with Gasteiger partial charge in [-0.25, -0.2) is 4.98 Å². The standard InChI is InChI=1S/C24H23ClN4O2/c1-30-18-5-6-29(14-18)24-4-3-15(12-27-24)22-9-16-8-20(21(25)10-23(16)28-22)17-7-19(31-2)13-26-11-17/h3-4,7-13,18,28H,5-6,14H2,1-2H3. The smallest absolute Gasteiger partial charge is 0.137 e. The first-order chi connectivity index (χ1) is 15.1. The van der Waals surface area contributed by atoms with Gasteiger partial charge in [0, 0.05) is 65.9 Å². The number of fused-ring (bicyclic) bond motifs is 1. The molecule has 1 aliphatic heterocycles. The highest BCUT2D eigenvalue weighted by Gasteiger charge is 2.23. The van der Waals surface area contributed by atoms with E-state index in [1.54, 1.807) is 26.6 Å². The van der Waals surface area contributed by atoms with Gasteiger partial charge in [-0.2, -0.15) is 0 Å². The lowest BCUT2D eigenvalue weighted by molar-refractivity contribution is 0.121. The molecule has 1 saturated heterocycles. The lowest BCUT2D eigenvalue weighted by Gasteiger charge is -2.17. The lowest BCUT2D eigenvalue weighted by atomic mass is 10.1. The van der Waals surface area contributed by atoms with Gasteiger partial charge in [-0.15, -0.1) is 0 Å². The van der Waals surface area contributed by atoms with Gasteiger partial charge in [-0.05, 0) is 42.8 Å². The van der Waals surface area contributed by atoms with Gasteiger partial charge in [0.2, 0.25) is 0 Å². The number of aromatic nitrogens is 3. The maximum Gasteiger partial charge on any atom is 0.137 e. The van der Waals surface area contributed by atoms with E-state index in [2.05, 4.69) is 44.1 Å². The first-order valence-electron chi connectivity index (χ1n) is 10.2. The number of methoxy groups -OCH3 is 2. The molecule has 3 aromatic heterocycles. The Hall–Kier alpha value is -3.09. The van der Waals surface area contributed by atoms with Crippen molar-refractivity contribution in [1.29, 1.82) is 0 Å². The van der Waals surface area contributed by atoms with E-state index in [1.165, 1.54) is 0 Å². The maximum atomic E-state index is 6.59. The predicted octanol–water partition coefficient (Wildman–Crippen LogP) is 5.18. The molecule has 6 nitrogen and oxygen atoms in total. The fourth-order valence-electron chi connectivity index (χ4n) is 4.07. The van der Waals surface area contributed by atoms with E-state index in [1.807, 2.05) is 18.3 Å². The summed E-state index contributed by atoms with van der Waals surface area (Å²) in [4.78, 5) is 14.6. The maximum absolute atomic E-state index is 6.59. The number of aromatic amines is 1. The van der Waals surface area contributed by atoms with Crippen molar-refractivity contribution < 1.29 is 9.47 Å². The quantitative estimate of drug-likeness (QED) is 0.469. The summed E-state index contributed by atoms with van der Waals surface area (Å²) in [6.45, 7) is 1.85. The number of ether oxygens (including phenoxy) is 2. The Morgan fingerprint density at radius 1 is 1.06 bits per heavy atom. The van der Waals surface area contributed by atoms with E-state index in [0.29, 0.717) is 10.8 Å². The summed E-state index contributed by atoms with van der Waals surface area (Å²) >= 11 is 6.59. The number of rotatable bonds is 5. The monoisotopic (exact) mass is 434 g/mol. The van der Waals surface area contributed by atoms with Crippen LogP contribution in [0.3, 0.4) is 0 Å². The number of nitrogens with zero attached hydrogens (tertiary/aromatic N) is 3. The third kappa shape index (κ3) is 3.84. The van der Waals surface area contributed by atoms with Crippen LogP contribution < -0.4 is 9.64 Å². The average molecular weight is 435 g/mol. The van der Waals surface area contributed by atoms with Gasteiger partial charge in [-0.3, -0.25) is 4.98 Å². The molecule has 0 radical (unpaired) electrons. The average Bonchev–Trinajstić information content (AvgIpc) is 3.45. The predicted molar refractivity (Wildman–Crippen MR) is 124 cm³/mol. The first-order valence-corrected chi connectivity index (χ1v) is 10.6. The molecule has 1 fully saturated rings. The molecule has 1 aromatic carbocycles. The Morgan fingerprint density at radius 3 is 2.71 bits per heavy atom. The molecule has 31 heavy (non-hydrogen) atoms. The van der Waals surface area contributed by atoms with Crippen molar-refractivity contribution in [2.45, 2.75) is 12.5 Å². The van der Waals surface area contributed by atoms with E-state index in [9.17, 15) is 0 Å². The van der Waals surface area contributed by atoms with Gasteiger partial charge >= 0.3 is 0 Å². The number of H-pyrrole nitrogens is 1. The summed E-state index contributed by atoms with van der Waals surface area (Å²) in [5, 5.41) is 1.73. The molecular weight excluding hydrogens is 412 g/mol.